The number of halogens is 1. The van der Waals surface area contributed by atoms with E-state index in [1.54, 1.807) is 0 Å². The van der Waals surface area contributed by atoms with Gasteiger partial charge in [-0.15, -0.1) is 18.8 Å². The molecule has 23 heavy (non-hydrogen) atoms. The molecule has 0 aromatic rings. The molecule has 1 atom stereocenters. The first-order valence-electron chi connectivity index (χ1n) is 8.62. The third-order valence-corrected chi connectivity index (χ3v) is 4.26. The first kappa shape index (κ1) is 22.7. The minimum Gasteiger partial charge on any atom is -0.389 e. The molecule has 4 heteroatoms. The summed E-state index contributed by atoms with van der Waals surface area (Å²) in [5.41, 5.74) is -0.193. The van der Waals surface area contributed by atoms with Crippen LogP contribution in [0.3, 0.4) is 0 Å². The van der Waals surface area contributed by atoms with Crippen molar-refractivity contribution in [2.75, 3.05) is 13.2 Å². The van der Waals surface area contributed by atoms with Gasteiger partial charge in [-0.1, -0.05) is 33.1 Å². The van der Waals surface area contributed by atoms with Crippen LogP contribution < -0.4 is 5.32 Å². The minimum atomic E-state index is -0.522. The zero-order valence-corrected chi connectivity index (χ0v) is 16.4. The van der Waals surface area contributed by atoms with Gasteiger partial charge in [-0.05, 0) is 51.4 Å². The summed E-state index contributed by atoms with van der Waals surface area (Å²) in [6.07, 6.45) is 11.5. The smallest absolute Gasteiger partial charge is 0.128 e. The SMILES string of the molecule is C#CC1(OCC(O)CNC(C)(C)CC(C)(C)C)CCCCC1.Cl. The van der Waals surface area contributed by atoms with E-state index in [1.807, 2.05) is 0 Å². The van der Waals surface area contributed by atoms with Crippen molar-refractivity contribution in [3.63, 3.8) is 0 Å². The first-order valence-corrected chi connectivity index (χ1v) is 8.62. The summed E-state index contributed by atoms with van der Waals surface area (Å²) in [4.78, 5) is 0. The van der Waals surface area contributed by atoms with Crippen molar-refractivity contribution in [3.8, 4) is 12.3 Å². The predicted molar refractivity (Wildman–Crippen MR) is 100 cm³/mol. The molecule has 0 heterocycles. The van der Waals surface area contributed by atoms with Crippen LogP contribution in [0.25, 0.3) is 0 Å². The van der Waals surface area contributed by atoms with Gasteiger partial charge >= 0.3 is 0 Å². The van der Waals surface area contributed by atoms with Crippen molar-refractivity contribution >= 4 is 12.4 Å². The molecule has 1 aliphatic carbocycles. The van der Waals surface area contributed by atoms with Gasteiger partial charge in [0.15, 0.2) is 0 Å². The molecule has 0 saturated heterocycles. The molecule has 0 aliphatic heterocycles. The highest BCUT2D eigenvalue weighted by Crippen LogP contribution is 2.31. The van der Waals surface area contributed by atoms with Gasteiger partial charge in [0.25, 0.3) is 0 Å². The lowest BCUT2D eigenvalue weighted by molar-refractivity contribution is -0.0642. The molecule has 0 bridgehead atoms. The third-order valence-electron chi connectivity index (χ3n) is 4.26. The normalized spacial score (nSPS) is 19.5. The van der Waals surface area contributed by atoms with Crippen molar-refractivity contribution in [2.45, 2.75) is 90.4 Å². The lowest BCUT2D eigenvalue weighted by atomic mass is 9.82. The second kappa shape index (κ2) is 9.28. The Bertz CT molecular complexity index is 376. The Morgan fingerprint density at radius 3 is 2.22 bits per heavy atom. The Hall–Kier alpha value is -0.270. The average molecular weight is 346 g/mol. The van der Waals surface area contributed by atoms with Crippen LogP contribution in [0.15, 0.2) is 0 Å². The molecule has 0 aromatic carbocycles. The van der Waals surface area contributed by atoms with Crippen molar-refractivity contribution in [3.05, 3.63) is 0 Å². The van der Waals surface area contributed by atoms with E-state index in [-0.39, 0.29) is 23.4 Å². The van der Waals surface area contributed by atoms with E-state index in [4.69, 9.17) is 11.2 Å². The number of nitrogens with one attached hydrogen (secondary N) is 1. The Kier molecular flexibility index (Phi) is 9.17. The van der Waals surface area contributed by atoms with Crippen LogP contribution in [0.5, 0.6) is 0 Å². The second-order valence-electron chi connectivity index (χ2n) is 8.67. The molecule has 1 fully saturated rings. The number of terminal acetylenes is 1. The fraction of sp³-hybridized carbons (Fsp3) is 0.895. The number of hydrogen-bond donors (Lipinski definition) is 2. The van der Waals surface area contributed by atoms with E-state index >= 15 is 0 Å². The topological polar surface area (TPSA) is 41.5 Å². The predicted octanol–water partition coefficient (Wildman–Crippen LogP) is 3.93. The molecule has 1 saturated carbocycles. The molecular weight excluding hydrogens is 310 g/mol. The monoisotopic (exact) mass is 345 g/mol. The van der Waals surface area contributed by atoms with Gasteiger partial charge in [-0.2, -0.15) is 0 Å². The van der Waals surface area contributed by atoms with Crippen molar-refractivity contribution in [2.24, 2.45) is 5.41 Å². The summed E-state index contributed by atoms with van der Waals surface area (Å²) in [6, 6.07) is 0. The lowest BCUT2D eigenvalue weighted by Gasteiger charge is -2.35. The fourth-order valence-corrected chi connectivity index (χ4v) is 3.55. The van der Waals surface area contributed by atoms with Crippen LogP contribution in [0.1, 0.15) is 73.1 Å². The van der Waals surface area contributed by atoms with E-state index < -0.39 is 11.7 Å². The second-order valence-corrected chi connectivity index (χ2v) is 8.67. The number of aliphatic hydroxyl groups excluding tert-OH is 1. The maximum Gasteiger partial charge on any atom is 0.128 e. The molecule has 3 nitrogen and oxygen atoms in total. The quantitative estimate of drug-likeness (QED) is 0.687. The molecule has 0 amide bonds. The Labute approximate surface area is 149 Å². The van der Waals surface area contributed by atoms with Gasteiger partial charge in [0.1, 0.15) is 5.60 Å². The summed E-state index contributed by atoms with van der Waals surface area (Å²) in [6.45, 7) is 11.9. The molecule has 0 aromatic heterocycles. The lowest BCUT2D eigenvalue weighted by Crippen LogP contribution is -2.47. The van der Waals surface area contributed by atoms with Crippen LogP contribution in [-0.4, -0.2) is 35.5 Å². The zero-order chi connectivity index (χ0) is 16.9. The Morgan fingerprint density at radius 1 is 1.17 bits per heavy atom. The Morgan fingerprint density at radius 2 is 1.74 bits per heavy atom. The highest BCUT2D eigenvalue weighted by Gasteiger charge is 2.32. The summed E-state index contributed by atoms with van der Waals surface area (Å²) < 4.78 is 5.92. The summed E-state index contributed by atoms with van der Waals surface area (Å²) >= 11 is 0. The van der Waals surface area contributed by atoms with Crippen molar-refractivity contribution < 1.29 is 9.84 Å². The molecule has 0 spiro atoms. The molecule has 1 aliphatic rings. The largest absolute Gasteiger partial charge is 0.389 e. The molecule has 0 radical (unpaired) electrons. The number of ether oxygens (including phenoxy) is 1. The van der Waals surface area contributed by atoms with E-state index in [0.717, 1.165) is 32.1 Å². The van der Waals surface area contributed by atoms with Gasteiger partial charge in [0.2, 0.25) is 0 Å². The molecular formula is C19H36ClNO2. The maximum atomic E-state index is 10.2. The number of hydrogen-bond acceptors (Lipinski definition) is 3. The van der Waals surface area contributed by atoms with Gasteiger partial charge in [0.05, 0.1) is 12.7 Å². The van der Waals surface area contributed by atoms with Crippen molar-refractivity contribution in [1.29, 1.82) is 0 Å². The highest BCUT2D eigenvalue weighted by molar-refractivity contribution is 5.85. The van der Waals surface area contributed by atoms with E-state index in [2.05, 4.69) is 45.9 Å². The maximum absolute atomic E-state index is 10.2. The van der Waals surface area contributed by atoms with Crippen LogP contribution in [0.4, 0.5) is 0 Å². The standard InChI is InChI=1S/C19H35NO2.ClH/c1-7-19(11-9-8-10-12-19)22-14-16(21)13-20-18(5,6)15-17(2,3)4;/h1,16,20-21H,8-15H2,2-6H3;1H. The van der Waals surface area contributed by atoms with Gasteiger partial charge in [-0.25, -0.2) is 0 Å². The van der Waals surface area contributed by atoms with Gasteiger partial charge in [-0.3, -0.25) is 0 Å². The van der Waals surface area contributed by atoms with E-state index in [0.29, 0.717) is 13.2 Å². The molecule has 1 unspecified atom stereocenters. The zero-order valence-electron chi connectivity index (χ0n) is 15.6. The van der Waals surface area contributed by atoms with Crippen LogP contribution in [-0.2, 0) is 4.74 Å². The molecule has 136 valence electrons. The number of β-amino-alcohol motifs (C(OH)–C–C–N with tert-alkyl or cyclic N) is 1. The van der Waals surface area contributed by atoms with Crippen LogP contribution >= 0.6 is 12.4 Å². The third kappa shape index (κ3) is 8.96. The molecule has 2 N–H and O–H groups in total. The number of rotatable bonds is 7. The van der Waals surface area contributed by atoms with Gasteiger partial charge in [0, 0.05) is 12.1 Å². The highest BCUT2D eigenvalue weighted by atomic mass is 35.5. The summed E-state index contributed by atoms with van der Waals surface area (Å²) in [7, 11) is 0. The van der Waals surface area contributed by atoms with Crippen molar-refractivity contribution in [1.82, 2.24) is 5.32 Å². The minimum absolute atomic E-state index is 0. The summed E-state index contributed by atoms with van der Waals surface area (Å²) in [5, 5.41) is 13.6. The van der Waals surface area contributed by atoms with Crippen LogP contribution in [0.2, 0.25) is 0 Å². The Balaban J connectivity index is 0.00000484. The van der Waals surface area contributed by atoms with E-state index in [9.17, 15) is 5.11 Å². The van der Waals surface area contributed by atoms with Crippen LogP contribution in [0, 0.1) is 17.8 Å². The van der Waals surface area contributed by atoms with Gasteiger partial charge < -0.3 is 15.2 Å². The molecule has 1 rings (SSSR count). The summed E-state index contributed by atoms with van der Waals surface area (Å²) in [5.74, 6) is 2.82. The van der Waals surface area contributed by atoms with E-state index in [1.165, 1.54) is 6.42 Å². The first-order chi connectivity index (χ1) is 10.1. The number of aliphatic hydroxyl groups is 1. The average Bonchev–Trinajstić information content (AvgIpc) is 2.41. The fourth-order valence-electron chi connectivity index (χ4n) is 3.55.